The SMILES string of the molecule is O=C(Cn1nnc(-c2ccccc2)n1)NNC(=O)c1ccc(F)cc1. The van der Waals surface area contributed by atoms with Crippen molar-refractivity contribution < 1.29 is 14.0 Å². The Bertz CT molecular complexity index is 879. The summed E-state index contributed by atoms with van der Waals surface area (Å²) < 4.78 is 12.8. The van der Waals surface area contributed by atoms with Crippen LogP contribution in [0, 0.1) is 5.82 Å². The highest BCUT2D eigenvalue weighted by molar-refractivity contribution is 5.95. The lowest BCUT2D eigenvalue weighted by Gasteiger charge is -2.06. The molecule has 25 heavy (non-hydrogen) atoms. The van der Waals surface area contributed by atoms with E-state index in [0.29, 0.717) is 5.82 Å². The van der Waals surface area contributed by atoms with Crippen LogP contribution in [-0.2, 0) is 11.3 Å². The van der Waals surface area contributed by atoms with Crippen molar-refractivity contribution in [1.29, 1.82) is 0 Å². The van der Waals surface area contributed by atoms with E-state index in [-0.39, 0.29) is 12.1 Å². The number of amides is 2. The van der Waals surface area contributed by atoms with Crippen LogP contribution >= 0.6 is 0 Å². The van der Waals surface area contributed by atoms with Crippen LogP contribution in [0.2, 0.25) is 0 Å². The third kappa shape index (κ3) is 4.22. The molecule has 0 spiro atoms. The molecule has 0 unspecified atom stereocenters. The van der Waals surface area contributed by atoms with Gasteiger partial charge >= 0.3 is 0 Å². The van der Waals surface area contributed by atoms with Gasteiger partial charge in [0.15, 0.2) is 0 Å². The average Bonchev–Trinajstić information content (AvgIpc) is 3.09. The van der Waals surface area contributed by atoms with Crippen molar-refractivity contribution in [1.82, 2.24) is 31.1 Å². The highest BCUT2D eigenvalue weighted by Crippen LogP contribution is 2.11. The minimum atomic E-state index is -0.565. The first-order valence-corrected chi connectivity index (χ1v) is 7.30. The van der Waals surface area contributed by atoms with Gasteiger partial charge in [0.1, 0.15) is 12.4 Å². The lowest BCUT2D eigenvalue weighted by Crippen LogP contribution is -2.43. The molecule has 0 saturated heterocycles. The van der Waals surface area contributed by atoms with Gasteiger partial charge in [0, 0.05) is 11.1 Å². The van der Waals surface area contributed by atoms with E-state index < -0.39 is 17.6 Å². The number of nitrogens with zero attached hydrogens (tertiary/aromatic N) is 4. The fourth-order valence-electron chi connectivity index (χ4n) is 1.98. The van der Waals surface area contributed by atoms with Gasteiger partial charge in [0.2, 0.25) is 5.82 Å². The van der Waals surface area contributed by atoms with Gasteiger partial charge in [-0.2, -0.15) is 4.80 Å². The van der Waals surface area contributed by atoms with Gasteiger partial charge < -0.3 is 0 Å². The largest absolute Gasteiger partial charge is 0.271 e. The highest BCUT2D eigenvalue weighted by Gasteiger charge is 2.11. The van der Waals surface area contributed by atoms with Crippen LogP contribution in [0.5, 0.6) is 0 Å². The molecule has 2 amide bonds. The van der Waals surface area contributed by atoms with Crippen molar-refractivity contribution in [2.75, 3.05) is 0 Å². The Labute approximate surface area is 141 Å². The molecule has 3 aromatic rings. The van der Waals surface area contributed by atoms with Crippen LogP contribution in [-0.4, -0.2) is 32.0 Å². The summed E-state index contributed by atoms with van der Waals surface area (Å²) in [5.74, 6) is -1.16. The molecule has 0 atom stereocenters. The van der Waals surface area contributed by atoms with Crippen molar-refractivity contribution in [3.05, 3.63) is 66.0 Å². The molecule has 8 nitrogen and oxygen atoms in total. The Kier molecular flexibility index (Phi) is 4.74. The van der Waals surface area contributed by atoms with Gasteiger partial charge in [0.05, 0.1) is 0 Å². The van der Waals surface area contributed by atoms with Gasteiger partial charge in [-0.3, -0.25) is 20.4 Å². The summed E-state index contributed by atoms with van der Waals surface area (Å²) in [5, 5.41) is 11.8. The molecule has 0 fully saturated rings. The number of carbonyl (C=O) groups excluding carboxylic acids is 2. The van der Waals surface area contributed by atoms with Gasteiger partial charge in [-0.25, -0.2) is 4.39 Å². The zero-order chi connectivity index (χ0) is 17.6. The summed E-state index contributed by atoms with van der Waals surface area (Å²) in [6.07, 6.45) is 0. The Hall–Kier alpha value is -3.62. The summed E-state index contributed by atoms with van der Waals surface area (Å²) in [5.41, 5.74) is 5.45. The van der Waals surface area contributed by atoms with Crippen molar-refractivity contribution in [3.8, 4) is 11.4 Å². The van der Waals surface area contributed by atoms with Crippen molar-refractivity contribution in [3.63, 3.8) is 0 Å². The molecule has 3 rings (SSSR count). The van der Waals surface area contributed by atoms with E-state index in [2.05, 4.69) is 26.3 Å². The van der Waals surface area contributed by atoms with Crippen LogP contribution in [0.15, 0.2) is 54.6 Å². The zero-order valence-corrected chi connectivity index (χ0v) is 12.9. The summed E-state index contributed by atoms with van der Waals surface area (Å²) >= 11 is 0. The van der Waals surface area contributed by atoms with Gasteiger partial charge in [0.25, 0.3) is 11.8 Å². The van der Waals surface area contributed by atoms with E-state index in [9.17, 15) is 14.0 Å². The molecule has 0 saturated carbocycles. The number of hydrogen-bond acceptors (Lipinski definition) is 5. The first-order valence-electron chi connectivity index (χ1n) is 7.30. The van der Waals surface area contributed by atoms with Crippen molar-refractivity contribution >= 4 is 11.8 Å². The fourth-order valence-corrected chi connectivity index (χ4v) is 1.98. The number of benzene rings is 2. The second-order valence-electron chi connectivity index (χ2n) is 5.02. The maximum atomic E-state index is 12.8. The molecule has 0 aliphatic rings. The minimum absolute atomic E-state index is 0.215. The Morgan fingerprint density at radius 2 is 1.72 bits per heavy atom. The van der Waals surface area contributed by atoms with E-state index in [1.807, 2.05) is 30.3 Å². The zero-order valence-electron chi connectivity index (χ0n) is 12.9. The number of hydrazine groups is 1. The minimum Gasteiger partial charge on any atom is -0.271 e. The number of tetrazole rings is 1. The van der Waals surface area contributed by atoms with Gasteiger partial charge in [-0.15, -0.1) is 10.2 Å². The summed E-state index contributed by atoms with van der Waals surface area (Å²) in [4.78, 5) is 24.7. The van der Waals surface area contributed by atoms with E-state index in [4.69, 9.17) is 0 Å². The predicted octanol–water partition coefficient (Wildman–Crippen LogP) is 0.940. The monoisotopic (exact) mass is 340 g/mol. The maximum Gasteiger partial charge on any atom is 0.269 e. The standard InChI is InChI=1S/C16H13FN6O2/c17-13-8-6-12(7-9-13)16(25)20-18-14(24)10-23-21-15(19-22-23)11-4-2-1-3-5-11/h1-9H,10H2,(H,18,24)(H,20,25). The third-order valence-corrected chi connectivity index (χ3v) is 3.19. The maximum absolute atomic E-state index is 12.8. The normalized spacial score (nSPS) is 10.3. The molecule has 1 heterocycles. The molecular weight excluding hydrogens is 327 g/mol. The van der Waals surface area contributed by atoms with Crippen LogP contribution in [0.4, 0.5) is 4.39 Å². The molecule has 0 radical (unpaired) electrons. The summed E-state index contributed by atoms with van der Waals surface area (Å²) in [6.45, 7) is -0.219. The van der Waals surface area contributed by atoms with E-state index in [0.717, 1.165) is 22.5 Å². The Morgan fingerprint density at radius 1 is 1.00 bits per heavy atom. The molecule has 9 heteroatoms. The molecule has 0 bridgehead atoms. The van der Waals surface area contributed by atoms with Gasteiger partial charge in [-0.1, -0.05) is 30.3 Å². The highest BCUT2D eigenvalue weighted by atomic mass is 19.1. The first kappa shape index (κ1) is 16.2. The second kappa shape index (κ2) is 7.30. The molecule has 1 aromatic heterocycles. The number of rotatable bonds is 4. The predicted molar refractivity (Wildman–Crippen MR) is 85.3 cm³/mol. The molecule has 0 aliphatic heterocycles. The topological polar surface area (TPSA) is 102 Å². The number of aromatic nitrogens is 4. The number of nitrogens with one attached hydrogen (secondary N) is 2. The van der Waals surface area contributed by atoms with Crippen LogP contribution in [0.3, 0.4) is 0 Å². The lowest BCUT2D eigenvalue weighted by atomic mass is 10.2. The average molecular weight is 340 g/mol. The smallest absolute Gasteiger partial charge is 0.269 e. The summed E-state index contributed by atoms with van der Waals surface area (Å²) in [6, 6.07) is 14.1. The molecule has 2 N–H and O–H groups in total. The van der Waals surface area contributed by atoms with E-state index in [1.165, 1.54) is 12.1 Å². The van der Waals surface area contributed by atoms with Crippen LogP contribution in [0.1, 0.15) is 10.4 Å². The van der Waals surface area contributed by atoms with Crippen molar-refractivity contribution in [2.45, 2.75) is 6.54 Å². The van der Waals surface area contributed by atoms with E-state index >= 15 is 0 Å². The number of hydrogen-bond donors (Lipinski definition) is 2. The molecule has 126 valence electrons. The Morgan fingerprint density at radius 3 is 2.44 bits per heavy atom. The number of carbonyl (C=O) groups is 2. The number of halogens is 1. The quantitative estimate of drug-likeness (QED) is 0.688. The van der Waals surface area contributed by atoms with E-state index in [1.54, 1.807) is 0 Å². The first-order chi connectivity index (χ1) is 12.1. The van der Waals surface area contributed by atoms with Crippen LogP contribution in [0.25, 0.3) is 11.4 Å². The van der Waals surface area contributed by atoms with Crippen LogP contribution < -0.4 is 10.9 Å². The molecular formula is C16H13FN6O2. The molecule has 0 aliphatic carbocycles. The molecule has 2 aromatic carbocycles. The Balaban J connectivity index is 1.54. The van der Waals surface area contributed by atoms with Gasteiger partial charge in [-0.05, 0) is 29.5 Å². The lowest BCUT2D eigenvalue weighted by molar-refractivity contribution is -0.122. The fraction of sp³-hybridized carbons (Fsp3) is 0.0625. The third-order valence-electron chi connectivity index (χ3n) is 3.19. The summed E-state index contributed by atoms with van der Waals surface area (Å²) in [7, 11) is 0. The second-order valence-corrected chi connectivity index (χ2v) is 5.02. The van der Waals surface area contributed by atoms with Crippen molar-refractivity contribution in [2.24, 2.45) is 0 Å².